The van der Waals surface area contributed by atoms with Crippen LogP contribution in [0.4, 0.5) is 5.82 Å². The fourth-order valence-electron chi connectivity index (χ4n) is 2.36. The molecule has 0 amide bonds. The van der Waals surface area contributed by atoms with Crippen molar-refractivity contribution in [3.05, 3.63) is 36.2 Å². The summed E-state index contributed by atoms with van der Waals surface area (Å²) in [6, 6.07) is 7.85. The van der Waals surface area contributed by atoms with Gasteiger partial charge in [0.15, 0.2) is 5.11 Å². The molecule has 0 atom stereocenters. The van der Waals surface area contributed by atoms with Crippen LogP contribution < -0.4 is 21.5 Å². The molecule has 1 fully saturated rings. The number of morpholine rings is 1. The van der Waals surface area contributed by atoms with Crippen molar-refractivity contribution in [2.75, 3.05) is 31.2 Å². The third-order valence-corrected chi connectivity index (χ3v) is 3.61. The summed E-state index contributed by atoms with van der Waals surface area (Å²) in [6.07, 6.45) is 1.83. The van der Waals surface area contributed by atoms with Crippen LogP contribution in [-0.4, -0.2) is 36.4 Å². The van der Waals surface area contributed by atoms with Gasteiger partial charge in [-0.1, -0.05) is 0 Å². The highest BCUT2D eigenvalue weighted by Gasteiger charge is 2.13. The first kappa shape index (κ1) is 15.7. The number of rotatable bonds is 5. The van der Waals surface area contributed by atoms with Crippen LogP contribution in [0.5, 0.6) is 0 Å². The summed E-state index contributed by atoms with van der Waals surface area (Å²) in [4.78, 5) is 6.74. The molecule has 4 N–H and O–H groups in total. The standard InChI is InChI=1S/C15H19N5O2S/c16-15(23)19-18-10-12-2-3-13(22-12)11-1-4-14(17-9-11)20-5-7-21-8-6-20/h1-4,9,18H,5-8,10H2,(H3,16,19,23). The quantitative estimate of drug-likeness (QED) is 0.552. The number of nitrogens with two attached hydrogens (primary N) is 1. The van der Waals surface area contributed by atoms with E-state index >= 15 is 0 Å². The van der Waals surface area contributed by atoms with E-state index in [-0.39, 0.29) is 5.11 Å². The van der Waals surface area contributed by atoms with Gasteiger partial charge in [0.25, 0.3) is 0 Å². The van der Waals surface area contributed by atoms with Crippen LogP contribution in [0.3, 0.4) is 0 Å². The Balaban J connectivity index is 1.62. The summed E-state index contributed by atoms with van der Waals surface area (Å²) in [5.74, 6) is 2.52. The van der Waals surface area contributed by atoms with Gasteiger partial charge in [-0.15, -0.1) is 0 Å². The number of aromatic nitrogens is 1. The molecule has 1 aliphatic heterocycles. The Morgan fingerprint density at radius 1 is 1.26 bits per heavy atom. The van der Waals surface area contributed by atoms with Gasteiger partial charge in [0.2, 0.25) is 0 Å². The first-order chi connectivity index (χ1) is 11.2. The van der Waals surface area contributed by atoms with Crippen molar-refractivity contribution in [3.63, 3.8) is 0 Å². The van der Waals surface area contributed by atoms with Gasteiger partial charge in [-0.05, 0) is 36.5 Å². The monoisotopic (exact) mass is 333 g/mol. The van der Waals surface area contributed by atoms with E-state index in [0.29, 0.717) is 6.54 Å². The average Bonchev–Trinajstić information content (AvgIpc) is 3.04. The average molecular weight is 333 g/mol. The van der Waals surface area contributed by atoms with E-state index in [1.165, 1.54) is 0 Å². The largest absolute Gasteiger partial charge is 0.460 e. The number of hydrazine groups is 1. The molecule has 8 heteroatoms. The molecule has 23 heavy (non-hydrogen) atoms. The zero-order valence-electron chi connectivity index (χ0n) is 12.6. The number of pyridine rings is 1. The normalized spacial score (nSPS) is 14.7. The molecule has 2 aromatic heterocycles. The van der Waals surface area contributed by atoms with Gasteiger partial charge in [0.05, 0.1) is 19.8 Å². The van der Waals surface area contributed by atoms with Gasteiger partial charge in [-0.25, -0.2) is 10.4 Å². The SMILES string of the molecule is NC(=S)NNCc1ccc(-c2ccc(N3CCOCC3)nc2)o1. The molecular weight excluding hydrogens is 314 g/mol. The smallest absolute Gasteiger partial charge is 0.178 e. The third-order valence-electron chi connectivity index (χ3n) is 3.50. The Labute approximate surface area is 139 Å². The van der Waals surface area contributed by atoms with Crippen molar-refractivity contribution >= 4 is 23.1 Å². The van der Waals surface area contributed by atoms with Crippen molar-refractivity contribution in [3.8, 4) is 11.3 Å². The van der Waals surface area contributed by atoms with Gasteiger partial charge in [0.1, 0.15) is 17.3 Å². The van der Waals surface area contributed by atoms with Crippen molar-refractivity contribution in [1.29, 1.82) is 0 Å². The van der Waals surface area contributed by atoms with E-state index in [1.54, 1.807) is 0 Å². The maximum atomic E-state index is 5.78. The molecule has 1 saturated heterocycles. The summed E-state index contributed by atoms with van der Waals surface area (Å²) in [5.41, 5.74) is 11.8. The van der Waals surface area contributed by atoms with Crippen LogP contribution in [0.25, 0.3) is 11.3 Å². The molecule has 3 rings (SSSR count). The van der Waals surface area contributed by atoms with Gasteiger partial charge < -0.3 is 19.8 Å². The molecule has 0 radical (unpaired) electrons. The van der Waals surface area contributed by atoms with Crippen LogP contribution in [0.15, 0.2) is 34.9 Å². The van der Waals surface area contributed by atoms with E-state index in [0.717, 1.165) is 49.2 Å². The van der Waals surface area contributed by atoms with Crippen molar-refractivity contribution in [1.82, 2.24) is 15.8 Å². The predicted octanol–water partition coefficient (Wildman–Crippen LogP) is 1.02. The number of thiocarbonyl (C=S) groups is 1. The third kappa shape index (κ3) is 4.19. The minimum Gasteiger partial charge on any atom is -0.460 e. The fraction of sp³-hybridized carbons (Fsp3) is 0.333. The van der Waals surface area contributed by atoms with Gasteiger partial charge in [-0.3, -0.25) is 5.43 Å². The molecule has 0 aromatic carbocycles. The second-order valence-electron chi connectivity index (χ2n) is 5.11. The summed E-state index contributed by atoms with van der Waals surface area (Å²) in [5, 5.41) is 0.194. The molecule has 0 spiro atoms. The Kier molecular flexibility index (Phi) is 5.06. The highest BCUT2D eigenvalue weighted by atomic mass is 32.1. The lowest BCUT2D eigenvalue weighted by Gasteiger charge is -2.27. The maximum absolute atomic E-state index is 5.78. The summed E-state index contributed by atoms with van der Waals surface area (Å²) in [7, 11) is 0. The number of hydrogen-bond donors (Lipinski definition) is 3. The van der Waals surface area contributed by atoms with Crippen LogP contribution in [-0.2, 0) is 11.3 Å². The second kappa shape index (κ2) is 7.40. The molecule has 3 heterocycles. The highest BCUT2D eigenvalue weighted by molar-refractivity contribution is 7.80. The Bertz CT molecular complexity index is 652. The Morgan fingerprint density at radius 3 is 2.78 bits per heavy atom. The highest BCUT2D eigenvalue weighted by Crippen LogP contribution is 2.23. The van der Waals surface area contributed by atoms with Crippen LogP contribution in [0, 0.1) is 0 Å². The maximum Gasteiger partial charge on any atom is 0.178 e. The summed E-state index contributed by atoms with van der Waals surface area (Å²) < 4.78 is 11.1. The molecule has 7 nitrogen and oxygen atoms in total. The number of ether oxygens (including phenoxy) is 1. The minimum atomic E-state index is 0.194. The molecule has 0 aliphatic carbocycles. The number of nitrogens with zero attached hydrogens (tertiary/aromatic N) is 2. The van der Waals surface area contributed by atoms with E-state index in [2.05, 4.69) is 20.7 Å². The van der Waals surface area contributed by atoms with E-state index in [1.807, 2.05) is 30.5 Å². The number of furan rings is 1. The van der Waals surface area contributed by atoms with Gasteiger partial charge in [-0.2, -0.15) is 0 Å². The molecular formula is C15H19N5O2S. The molecule has 1 aliphatic rings. The number of hydrogen-bond acceptors (Lipinski definition) is 6. The first-order valence-electron chi connectivity index (χ1n) is 7.38. The Morgan fingerprint density at radius 2 is 2.09 bits per heavy atom. The van der Waals surface area contributed by atoms with Crippen LogP contribution in [0.2, 0.25) is 0 Å². The molecule has 2 aromatic rings. The lowest BCUT2D eigenvalue weighted by Crippen LogP contribution is -2.40. The lowest BCUT2D eigenvalue weighted by atomic mass is 10.2. The zero-order valence-corrected chi connectivity index (χ0v) is 13.4. The van der Waals surface area contributed by atoms with E-state index < -0.39 is 0 Å². The number of anilines is 1. The Hall–Kier alpha value is -2.16. The second-order valence-corrected chi connectivity index (χ2v) is 5.55. The topological polar surface area (TPSA) is 88.6 Å². The van der Waals surface area contributed by atoms with Crippen molar-refractivity contribution in [2.45, 2.75) is 6.54 Å². The van der Waals surface area contributed by atoms with Crippen molar-refractivity contribution < 1.29 is 9.15 Å². The number of nitrogens with one attached hydrogen (secondary N) is 2. The zero-order chi connectivity index (χ0) is 16.1. The predicted molar refractivity (Wildman–Crippen MR) is 91.7 cm³/mol. The molecule has 0 unspecified atom stereocenters. The molecule has 122 valence electrons. The molecule has 0 saturated carbocycles. The fourth-order valence-corrected chi connectivity index (χ4v) is 2.43. The summed E-state index contributed by atoms with van der Waals surface area (Å²) >= 11 is 4.71. The minimum absolute atomic E-state index is 0.194. The van der Waals surface area contributed by atoms with Crippen molar-refractivity contribution in [2.24, 2.45) is 5.73 Å². The van der Waals surface area contributed by atoms with Crippen LogP contribution in [0.1, 0.15) is 5.76 Å². The van der Waals surface area contributed by atoms with Crippen LogP contribution >= 0.6 is 12.2 Å². The molecule has 0 bridgehead atoms. The lowest BCUT2D eigenvalue weighted by molar-refractivity contribution is 0.122. The first-order valence-corrected chi connectivity index (χ1v) is 7.79. The summed E-state index contributed by atoms with van der Waals surface area (Å²) in [6.45, 7) is 3.73. The van der Waals surface area contributed by atoms with Gasteiger partial charge in [0, 0.05) is 24.8 Å². The van der Waals surface area contributed by atoms with E-state index in [9.17, 15) is 0 Å². The van der Waals surface area contributed by atoms with Gasteiger partial charge >= 0.3 is 0 Å². The van der Waals surface area contributed by atoms with E-state index in [4.69, 9.17) is 27.1 Å².